The quantitative estimate of drug-likeness (QED) is 0.148. The fraction of sp³-hybridized carbons (Fsp3) is 0.286. The monoisotopic (exact) mass is 726 g/mol. The Hall–Kier alpha value is -6.43. The van der Waals surface area contributed by atoms with E-state index in [2.05, 4.69) is 56.1 Å². The second-order valence-electron chi connectivity index (χ2n) is 12.8. The molecule has 0 bridgehead atoms. The first kappa shape index (κ1) is 37.8. The number of carbonyl (C=O) groups excluding carboxylic acids is 1. The normalized spacial score (nSPS) is 11.1. The first-order valence-electron chi connectivity index (χ1n) is 16.3. The van der Waals surface area contributed by atoms with Gasteiger partial charge in [0.15, 0.2) is 11.6 Å². The number of alkyl carbamates (subject to hydrolysis) is 1. The maximum Gasteiger partial charge on any atom is 0.407 e. The molecule has 1 amide bonds. The minimum absolute atomic E-state index is 0.142. The molecule has 0 aliphatic rings. The summed E-state index contributed by atoms with van der Waals surface area (Å²) < 4.78 is 38.0. The van der Waals surface area contributed by atoms with Crippen molar-refractivity contribution in [3.63, 3.8) is 0 Å². The zero-order valence-corrected chi connectivity index (χ0v) is 30.3. The number of aromatic nitrogens is 10. The number of hydrogen-bond donors (Lipinski definition) is 4. The fourth-order valence-corrected chi connectivity index (χ4v) is 4.89. The predicted octanol–water partition coefficient (Wildman–Crippen LogP) is 5.41. The SMILES string of the molecule is Cc1c(CN)ccc(-c2ncnc(Nc3cnn(C)c3)n2)c1F.Cc1c(CNC(=O)OC(C)(C)C)ccc(-c2ncnc(Nc3cnn(C)c3)n2)c1F. The number of amides is 1. The van der Waals surface area contributed by atoms with Gasteiger partial charge in [-0.15, -0.1) is 0 Å². The molecule has 276 valence electrons. The number of hydrogen-bond acceptors (Lipinski definition) is 13. The maximum absolute atomic E-state index is 15.0. The zero-order chi connectivity index (χ0) is 38.3. The van der Waals surface area contributed by atoms with Gasteiger partial charge in [0.25, 0.3) is 0 Å². The van der Waals surface area contributed by atoms with Gasteiger partial charge in [0, 0.05) is 39.6 Å². The second-order valence-corrected chi connectivity index (χ2v) is 12.8. The van der Waals surface area contributed by atoms with E-state index in [1.54, 1.807) is 107 Å². The lowest BCUT2D eigenvalue weighted by atomic mass is 10.0. The zero-order valence-electron chi connectivity index (χ0n) is 30.3. The van der Waals surface area contributed by atoms with Crippen molar-refractivity contribution < 1.29 is 18.3 Å². The van der Waals surface area contributed by atoms with E-state index < -0.39 is 17.5 Å². The number of anilines is 4. The fourth-order valence-electron chi connectivity index (χ4n) is 4.89. The molecule has 53 heavy (non-hydrogen) atoms. The smallest absolute Gasteiger partial charge is 0.407 e. The van der Waals surface area contributed by atoms with Crippen LogP contribution in [-0.4, -0.2) is 61.2 Å². The number of halogens is 2. The third-order valence-corrected chi connectivity index (χ3v) is 7.59. The summed E-state index contributed by atoms with van der Waals surface area (Å²) in [6.45, 7) is 9.09. The molecule has 18 heteroatoms. The summed E-state index contributed by atoms with van der Waals surface area (Å²) in [5.41, 5.74) is 9.28. The number of aryl methyl sites for hydroxylation is 2. The van der Waals surface area contributed by atoms with Gasteiger partial charge in [-0.2, -0.15) is 20.2 Å². The van der Waals surface area contributed by atoms with Gasteiger partial charge in [0.2, 0.25) is 11.9 Å². The van der Waals surface area contributed by atoms with Crippen LogP contribution in [0.15, 0.2) is 61.7 Å². The first-order chi connectivity index (χ1) is 25.2. The average Bonchev–Trinajstić information content (AvgIpc) is 3.72. The Kier molecular flexibility index (Phi) is 11.6. The summed E-state index contributed by atoms with van der Waals surface area (Å²) in [5.74, 6) is 0.228. The van der Waals surface area contributed by atoms with Gasteiger partial charge in [-0.05, 0) is 69.0 Å². The summed E-state index contributed by atoms with van der Waals surface area (Å²) >= 11 is 0. The van der Waals surface area contributed by atoms with Crippen molar-refractivity contribution in [3.8, 4) is 22.8 Å². The Balaban J connectivity index is 0.000000211. The summed E-state index contributed by atoms with van der Waals surface area (Å²) in [4.78, 5) is 36.7. The topological polar surface area (TPSA) is 201 Å². The molecular formula is C35H40F2N14O2. The Labute approximate surface area is 304 Å². The Morgan fingerprint density at radius 3 is 1.68 bits per heavy atom. The molecule has 2 aromatic carbocycles. The van der Waals surface area contributed by atoms with E-state index >= 15 is 4.39 Å². The molecule has 0 unspecified atom stereocenters. The highest BCUT2D eigenvalue weighted by Crippen LogP contribution is 2.26. The van der Waals surface area contributed by atoms with E-state index in [0.717, 1.165) is 11.3 Å². The van der Waals surface area contributed by atoms with Crippen LogP contribution in [0.1, 0.15) is 43.0 Å². The van der Waals surface area contributed by atoms with Crippen LogP contribution in [0.5, 0.6) is 0 Å². The number of benzene rings is 2. The molecule has 0 aliphatic heterocycles. The summed E-state index contributed by atoms with van der Waals surface area (Å²) in [5, 5.41) is 16.8. The number of nitrogens with two attached hydrogens (primary N) is 1. The van der Waals surface area contributed by atoms with Crippen LogP contribution in [0.2, 0.25) is 0 Å². The molecular weight excluding hydrogens is 686 g/mol. The maximum atomic E-state index is 15.0. The minimum Gasteiger partial charge on any atom is -0.444 e. The van der Waals surface area contributed by atoms with Crippen LogP contribution in [0.3, 0.4) is 0 Å². The van der Waals surface area contributed by atoms with Crippen molar-refractivity contribution in [3.05, 3.63) is 95.6 Å². The molecule has 0 fully saturated rings. The standard InChI is InChI=1S/C20H24FN7O2.C15H16FN7/c1-12-13(8-22-19(29)30-20(2,3)4)6-7-15(16(12)21)17-23-11-24-18(27-17)26-14-9-25-28(5)10-14;1-9-10(5-17)3-4-12(13(9)16)14-18-8-19-15(22-14)21-11-6-20-23(2)7-11/h6-7,9-11H,8H2,1-5H3,(H,22,29)(H,23,24,26,27);3-4,6-8H,5,17H2,1-2H3,(H,18,19,21,22). The highest BCUT2D eigenvalue weighted by molar-refractivity contribution is 5.68. The third kappa shape index (κ3) is 9.88. The molecule has 6 rings (SSSR count). The van der Waals surface area contributed by atoms with Crippen molar-refractivity contribution in [1.82, 2.24) is 54.8 Å². The van der Waals surface area contributed by atoms with Gasteiger partial charge >= 0.3 is 6.09 Å². The van der Waals surface area contributed by atoms with Gasteiger partial charge < -0.3 is 26.4 Å². The molecule has 0 saturated carbocycles. The van der Waals surface area contributed by atoms with Gasteiger partial charge in [-0.3, -0.25) is 9.36 Å². The summed E-state index contributed by atoms with van der Waals surface area (Å²) in [6.07, 6.45) is 8.91. The van der Waals surface area contributed by atoms with Crippen molar-refractivity contribution in [2.24, 2.45) is 19.8 Å². The predicted molar refractivity (Wildman–Crippen MR) is 194 cm³/mol. The van der Waals surface area contributed by atoms with Gasteiger partial charge in [-0.25, -0.2) is 33.5 Å². The van der Waals surface area contributed by atoms with Crippen molar-refractivity contribution >= 4 is 29.4 Å². The lowest BCUT2D eigenvalue weighted by molar-refractivity contribution is 0.0523. The second kappa shape index (κ2) is 16.3. The van der Waals surface area contributed by atoms with Crippen LogP contribution >= 0.6 is 0 Å². The Morgan fingerprint density at radius 2 is 1.25 bits per heavy atom. The molecule has 0 radical (unpaired) electrons. The minimum atomic E-state index is -0.603. The number of nitrogens with zero attached hydrogens (tertiary/aromatic N) is 10. The highest BCUT2D eigenvalue weighted by Gasteiger charge is 2.19. The van der Waals surface area contributed by atoms with Crippen molar-refractivity contribution in [1.29, 1.82) is 0 Å². The third-order valence-electron chi connectivity index (χ3n) is 7.59. The van der Waals surface area contributed by atoms with E-state index in [9.17, 15) is 9.18 Å². The Bertz CT molecular complexity index is 2210. The Morgan fingerprint density at radius 1 is 0.774 bits per heavy atom. The van der Waals surface area contributed by atoms with Crippen LogP contribution in [0, 0.1) is 25.5 Å². The number of ether oxygens (including phenoxy) is 1. The van der Waals surface area contributed by atoms with Crippen molar-refractivity contribution in [2.75, 3.05) is 10.6 Å². The molecule has 0 saturated heterocycles. The van der Waals surface area contributed by atoms with Crippen LogP contribution in [0.4, 0.5) is 36.8 Å². The van der Waals surface area contributed by atoms with E-state index in [1.165, 1.54) is 12.7 Å². The molecule has 5 N–H and O–H groups in total. The van der Waals surface area contributed by atoms with E-state index in [0.29, 0.717) is 33.9 Å². The number of nitrogens with one attached hydrogen (secondary N) is 3. The number of carbonyl (C=O) groups is 1. The summed E-state index contributed by atoms with van der Waals surface area (Å²) in [7, 11) is 3.60. The average molecular weight is 727 g/mol. The number of rotatable bonds is 9. The molecule has 0 spiro atoms. The van der Waals surface area contributed by atoms with E-state index in [4.69, 9.17) is 10.5 Å². The lowest BCUT2D eigenvalue weighted by Crippen LogP contribution is -2.32. The molecule has 0 atom stereocenters. The molecule has 4 aromatic heterocycles. The lowest BCUT2D eigenvalue weighted by Gasteiger charge is -2.20. The van der Waals surface area contributed by atoms with Gasteiger partial charge in [-0.1, -0.05) is 12.1 Å². The summed E-state index contributed by atoms with van der Waals surface area (Å²) in [6, 6.07) is 6.72. The van der Waals surface area contributed by atoms with E-state index in [-0.39, 0.29) is 42.1 Å². The highest BCUT2D eigenvalue weighted by atomic mass is 19.1. The molecule has 4 heterocycles. The molecule has 0 aliphatic carbocycles. The van der Waals surface area contributed by atoms with Crippen LogP contribution in [-0.2, 0) is 31.9 Å². The van der Waals surface area contributed by atoms with Gasteiger partial charge in [0.05, 0.1) is 34.9 Å². The largest absolute Gasteiger partial charge is 0.444 e. The van der Waals surface area contributed by atoms with E-state index in [1.807, 2.05) is 0 Å². The van der Waals surface area contributed by atoms with Crippen molar-refractivity contribution in [2.45, 2.75) is 53.3 Å². The molecule has 16 nitrogen and oxygen atoms in total. The van der Waals surface area contributed by atoms with Crippen LogP contribution < -0.4 is 21.7 Å². The van der Waals surface area contributed by atoms with Crippen LogP contribution in [0.25, 0.3) is 22.8 Å². The van der Waals surface area contributed by atoms with Gasteiger partial charge in [0.1, 0.15) is 29.9 Å². The molecule has 6 aromatic rings. The first-order valence-corrected chi connectivity index (χ1v) is 16.3.